The van der Waals surface area contributed by atoms with Gasteiger partial charge in [-0.05, 0) is 47.1 Å². The Morgan fingerprint density at radius 1 is 1.30 bits per heavy atom. The number of amides is 1. The van der Waals surface area contributed by atoms with Gasteiger partial charge in [0, 0.05) is 10.5 Å². The number of carbonyl (C=O) groups is 1. The van der Waals surface area contributed by atoms with Gasteiger partial charge in [0.05, 0.1) is 23.5 Å². The number of halogens is 1. The van der Waals surface area contributed by atoms with E-state index in [1.807, 2.05) is 19.1 Å². The molecule has 3 N–H and O–H groups in total. The highest BCUT2D eigenvalue weighted by molar-refractivity contribution is 9.10. The monoisotopic (exact) mass is 334 g/mol. The van der Waals surface area contributed by atoms with Gasteiger partial charge in [-0.15, -0.1) is 0 Å². The van der Waals surface area contributed by atoms with Crippen LogP contribution in [-0.4, -0.2) is 12.5 Å². The third kappa shape index (κ3) is 3.30. The summed E-state index contributed by atoms with van der Waals surface area (Å²) < 4.78 is 6.09. The van der Waals surface area contributed by atoms with Gasteiger partial charge in [0.15, 0.2) is 0 Å². The van der Waals surface area contributed by atoms with Crippen LogP contribution in [0.4, 0.5) is 11.4 Å². The minimum absolute atomic E-state index is 0.215. The molecule has 0 atom stereocenters. The summed E-state index contributed by atoms with van der Waals surface area (Å²) in [7, 11) is 0. The molecular formula is C15H15BrN2O2. The molecule has 2 aromatic carbocycles. The predicted octanol–water partition coefficient (Wildman–Crippen LogP) is 3.68. The van der Waals surface area contributed by atoms with Crippen molar-refractivity contribution in [3.8, 4) is 5.75 Å². The van der Waals surface area contributed by atoms with Gasteiger partial charge >= 0.3 is 0 Å². The lowest BCUT2D eigenvalue weighted by atomic mass is 10.2. The Balaban J connectivity index is 2.18. The largest absolute Gasteiger partial charge is 0.494 e. The van der Waals surface area contributed by atoms with Crippen LogP contribution in [0.5, 0.6) is 5.75 Å². The van der Waals surface area contributed by atoms with Gasteiger partial charge in [-0.3, -0.25) is 4.79 Å². The predicted molar refractivity (Wildman–Crippen MR) is 84.1 cm³/mol. The fourth-order valence-electron chi connectivity index (χ4n) is 1.75. The smallest absolute Gasteiger partial charge is 0.256 e. The number of nitrogens with one attached hydrogen (secondary N) is 1. The molecule has 20 heavy (non-hydrogen) atoms. The molecule has 0 aliphatic heterocycles. The van der Waals surface area contributed by atoms with Crippen LogP contribution in [0.1, 0.15) is 17.3 Å². The molecule has 0 fully saturated rings. The lowest BCUT2D eigenvalue weighted by Crippen LogP contribution is -2.13. The fraction of sp³-hybridized carbons (Fsp3) is 0.133. The number of benzene rings is 2. The second-order valence-corrected chi connectivity index (χ2v) is 4.97. The van der Waals surface area contributed by atoms with Crippen molar-refractivity contribution in [2.24, 2.45) is 0 Å². The number of nitrogens with two attached hydrogens (primary N) is 1. The molecule has 0 saturated heterocycles. The van der Waals surface area contributed by atoms with Crippen LogP contribution in [0.3, 0.4) is 0 Å². The summed E-state index contributed by atoms with van der Waals surface area (Å²) in [5.41, 5.74) is 7.50. The Kier molecular flexibility index (Phi) is 4.63. The maximum Gasteiger partial charge on any atom is 0.256 e. The van der Waals surface area contributed by atoms with E-state index in [2.05, 4.69) is 21.2 Å². The SMILES string of the molecule is CCOc1ccc(NC(=O)c2ccccc2Br)c(N)c1. The van der Waals surface area contributed by atoms with Crippen LogP contribution in [-0.2, 0) is 0 Å². The molecule has 2 rings (SSSR count). The molecule has 5 heteroatoms. The van der Waals surface area contributed by atoms with Crippen molar-refractivity contribution in [2.45, 2.75) is 6.92 Å². The Bertz CT molecular complexity index is 629. The molecule has 0 spiro atoms. The Morgan fingerprint density at radius 2 is 2.05 bits per heavy atom. The molecule has 2 aromatic rings. The van der Waals surface area contributed by atoms with Gasteiger partial charge in [-0.1, -0.05) is 12.1 Å². The average Bonchev–Trinajstić information content (AvgIpc) is 2.42. The van der Waals surface area contributed by atoms with Gasteiger partial charge in [0.25, 0.3) is 5.91 Å². The van der Waals surface area contributed by atoms with E-state index in [1.165, 1.54) is 0 Å². The Morgan fingerprint density at radius 3 is 2.70 bits per heavy atom. The number of ether oxygens (including phenoxy) is 1. The third-order valence-corrected chi connectivity index (χ3v) is 3.39. The summed E-state index contributed by atoms with van der Waals surface area (Å²) in [5.74, 6) is 0.470. The van der Waals surface area contributed by atoms with Crippen LogP contribution in [0.2, 0.25) is 0 Å². The minimum atomic E-state index is -0.215. The third-order valence-electron chi connectivity index (χ3n) is 2.70. The summed E-state index contributed by atoms with van der Waals surface area (Å²) in [5, 5.41) is 2.79. The zero-order valence-corrected chi connectivity index (χ0v) is 12.6. The molecule has 0 radical (unpaired) electrons. The summed E-state index contributed by atoms with van der Waals surface area (Å²) >= 11 is 3.35. The first-order valence-corrected chi connectivity index (χ1v) is 6.99. The molecule has 1 amide bonds. The fourth-order valence-corrected chi connectivity index (χ4v) is 2.21. The quantitative estimate of drug-likeness (QED) is 0.838. The van der Waals surface area contributed by atoms with Gasteiger partial charge in [-0.2, -0.15) is 0 Å². The lowest BCUT2D eigenvalue weighted by molar-refractivity contribution is 0.102. The van der Waals surface area contributed by atoms with Gasteiger partial charge in [0.1, 0.15) is 5.75 Å². The van der Waals surface area contributed by atoms with Crippen LogP contribution < -0.4 is 15.8 Å². The molecule has 0 heterocycles. The van der Waals surface area contributed by atoms with E-state index < -0.39 is 0 Å². The summed E-state index contributed by atoms with van der Waals surface area (Å²) in [6.07, 6.45) is 0. The first kappa shape index (κ1) is 14.4. The van der Waals surface area contributed by atoms with Gasteiger partial charge in [0.2, 0.25) is 0 Å². The number of rotatable bonds is 4. The summed E-state index contributed by atoms with van der Waals surface area (Å²) in [4.78, 5) is 12.2. The van der Waals surface area contributed by atoms with E-state index in [1.54, 1.807) is 30.3 Å². The second-order valence-electron chi connectivity index (χ2n) is 4.12. The highest BCUT2D eigenvalue weighted by Crippen LogP contribution is 2.25. The number of hydrogen-bond acceptors (Lipinski definition) is 3. The van der Waals surface area contributed by atoms with Crippen molar-refractivity contribution < 1.29 is 9.53 Å². The molecule has 0 saturated carbocycles. The molecule has 0 aliphatic carbocycles. The van der Waals surface area contributed by atoms with E-state index in [4.69, 9.17) is 10.5 Å². The molecule has 0 aromatic heterocycles. The van der Waals surface area contributed by atoms with E-state index in [9.17, 15) is 4.79 Å². The Labute approximate surface area is 126 Å². The van der Waals surface area contributed by atoms with E-state index in [-0.39, 0.29) is 5.91 Å². The standard InChI is InChI=1S/C15H15BrN2O2/c1-2-20-10-7-8-14(13(17)9-10)18-15(19)11-5-3-4-6-12(11)16/h3-9H,2,17H2,1H3,(H,18,19). The van der Waals surface area contributed by atoms with E-state index in [0.717, 1.165) is 4.47 Å². The number of carbonyl (C=O) groups excluding carboxylic acids is 1. The first-order chi connectivity index (χ1) is 9.61. The van der Waals surface area contributed by atoms with Gasteiger partial charge < -0.3 is 15.8 Å². The summed E-state index contributed by atoms with van der Waals surface area (Å²) in [6, 6.07) is 12.4. The molecular weight excluding hydrogens is 320 g/mol. The average molecular weight is 335 g/mol. The van der Waals surface area contributed by atoms with Crippen molar-refractivity contribution in [2.75, 3.05) is 17.7 Å². The van der Waals surface area contributed by atoms with Crippen molar-refractivity contribution in [1.82, 2.24) is 0 Å². The van der Waals surface area contributed by atoms with Crippen LogP contribution in [0.15, 0.2) is 46.9 Å². The van der Waals surface area contributed by atoms with Gasteiger partial charge in [-0.25, -0.2) is 0 Å². The number of anilines is 2. The molecule has 104 valence electrons. The Hall–Kier alpha value is -2.01. The molecule has 0 aliphatic rings. The summed E-state index contributed by atoms with van der Waals surface area (Å²) in [6.45, 7) is 2.47. The van der Waals surface area contributed by atoms with Crippen LogP contribution in [0, 0.1) is 0 Å². The van der Waals surface area contributed by atoms with Crippen LogP contribution >= 0.6 is 15.9 Å². The van der Waals surface area contributed by atoms with Crippen molar-refractivity contribution >= 4 is 33.2 Å². The maximum absolute atomic E-state index is 12.2. The van der Waals surface area contributed by atoms with Crippen LogP contribution in [0.25, 0.3) is 0 Å². The van der Waals surface area contributed by atoms with Crippen molar-refractivity contribution in [1.29, 1.82) is 0 Å². The molecule has 0 bridgehead atoms. The highest BCUT2D eigenvalue weighted by atomic mass is 79.9. The zero-order valence-electron chi connectivity index (χ0n) is 11.0. The highest BCUT2D eigenvalue weighted by Gasteiger charge is 2.11. The van der Waals surface area contributed by atoms with Crippen molar-refractivity contribution in [3.63, 3.8) is 0 Å². The normalized spacial score (nSPS) is 10.1. The minimum Gasteiger partial charge on any atom is -0.494 e. The number of nitrogen functional groups attached to an aromatic ring is 1. The lowest BCUT2D eigenvalue weighted by Gasteiger charge is -2.11. The second kappa shape index (κ2) is 6.43. The maximum atomic E-state index is 12.2. The molecule has 4 nitrogen and oxygen atoms in total. The first-order valence-electron chi connectivity index (χ1n) is 6.20. The van der Waals surface area contributed by atoms with E-state index in [0.29, 0.717) is 29.3 Å². The van der Waals surface area contributed by atoms with Crippen molar-refractivity contribution in [3.05, 3.63) is 52.5 Å². The molecule has 0 unspecified atom stereocenters. The topological polar surface area (TPSA) is 64.3 Å². The van der Waals surface area contributed by atoms with E-state index >= 15 is 0 Å². The number of hydrogen-bond donors (Lipinski definition) is 2. The zero-order chi connectivity index (χ0) is 14.5.